The van der Waals surface area contributed by atoms with Gasteiger partial charge in [-0.15, -0.1) is 0 Å². The van der Waals surface area contributed by atoms with E-state index in [1.54, 1.807) is 0 Å². The Bertz CT molecular complexity index is 531. The van der Waals surface area contributed by atoms with Crippen LogP contribution in [0.2, 0.25) is 0 Å². The maximum absolute atomic E-state index is 4.54. The zero-order valence-electron chi connectivity index (χ0n) is 10.4. The highest BCUT2D eigenvalue weighted by atomic mass is 15.3. The van der Waals surface area contributed by atoms with Gasteiger partial charge in [0.05, 0.1) is 5.69 Å². The molecule has 0 aromatic carbocycles. The van der Waals surface area contributed by atoms with Gasteiger partial charge in [0, 0.05) is 25.5 Å². The first kappa shape index (κ1) is 10.6. The highest BCUT2D eigenvalue weighted by Gasteiger charge is 2.19. The van der Waals surface area contributed by atoms with Gasteiger partial charge in [-0.3, -0.25) is 0 Å². The van der Waals surface area contributed by atoms with E-state index in [1.807, 2.05) is 23.8 Å². The van der Waals surface area contributed by atoms with Gasteiger partial charge in [0.25, 0.3) is 0 Å². The van der Waals surface area contributed by atoms with Crippen LogP contribution in [0.25, 0.3) is 5.52 Å². The predicted octanol–water partition coefficient (Wildman–Crippen LogP) is 2.27. The van der Waals surface area contributed by atoms with Crippen molar-refractivity contribution in [3.63, 3.8) is 0 Å². The SMILES string of the molecule is Cc1cc2c(N3CCCC(C)C3)nccn2n1. The summed E-state index contributed by atoms with van der Waals surface area (Å²) in [5.41, 5.74) is 2.17. The molecule has 2 aromatic heterocycles. The molecule has 90 valence electrons. The molecule has 1 saturated heterocycles. The summed E-state index contributed by atoms with van der Waals surface area (Å²) in [6.45, 7) is 6.56. The summed E-state index contributed by atoms with van der Waals surface area (Å²) in [6, 6.07) is 2.11. The lowest BCUT2D eigenvalue weighted by Crippen LogP contribution is -2.35. The number of anilines is 1. The lowest BCUT2D eigenvalue weighted by Gasteiger charge is -2.32. The van der Waals surface area contributed by atoms with Crippen LogP contribution in [0.4, 0.5) is 5.82 Å². The quantitative estimate of drug-likeness (QED) is 0.753. The first-order chi connectivity index (χ1) is 8.24. The number of piperidine rings is 1. The van der Waals surface area contributed by atoms with Gasteiger partial charge in [-0.05, 0) is 31.7 Å². The van der Waals surface area contributed by atoms with Crippen molar-refractivity contribution in [3.05, 3.63) is 24.2 Å². The Morgan fingerprint density at radius 2 is 2.29 bits per heavy atom. The molecule has 1 fully saturated rings. The Morgan fingerprint density at radius 3 is 3.12 bits per heavy atom. The van der Waals surface area contributed by atoms with Crippen molar-refractivity contribution in [2.45, 2.75) is 26.7 Å². The summed E-state index contributed by atoms with van der Waals surface area (Å²) in [5, 5.41) is 4.44. The summed E-state index contributed by atoms with van der Waals surface area (Å²) < 4.78 is 1.93. The van der Waals surface area contributed by atoms with Crippen molar-refractivity contribution >= 4 is 11.3 Å². The lowest BCUT2D eigenvalue weighted by atomic mass is 10.0. The van der Waals surface area contributed by atoms with Crippen molar-refractivity contribution in [1.82, 2.24) is 14.6 Å². The highest BCUT2D eigenvalue weighted by molar-refractivity contribution is 5.69. The molecule has 1 atom stereocenters. The minimum atomic E-state index is 0.759. The van der Waals surface area contributed by atoms with Crippen LogP contribution >= 0.6 is 0 Å². The smallest absolute Gasteiger partial charge is 0.154 e. The lowest BCUT2D eigenvalue weighted by molar-refractivity contribution is 0.445. The average Bonchev–Trinajstić information content (AvgIpc) is 2.68. The van der Waals surface area contributed by atoms with E-state index in [9.17, 15) is 0 Å². The van der Waals surface area contributed by atoms with Gasteiger partial charge in [-0.25, -0.2) is 9.50 Å². The van der Waals surface area contributed by atoms with E-state index >= 15 is 0 Å². The molecule has 3 rings (SSSR count). The number of rotatable bonds is 1. The standard InChI is InChI=1S/C13H18N4/c1-10-4-3-6-16(9-10)13-12-8-11(2)15-17(12)7-5-14-13/h5,7-8,10H,3-4,6,9H2,1-2H3. The van der Waals surface area contributed by atoms with E-state index < -0.39 is 0 Å². The Balaban J connectivity index is 2.04. The molecule has 17 heavy (non-hydrogen) atoms. The first-order valence-corrected chi connectivity index (χ1v) is 6.30. The topological polar surface area (TPSA) is 33.4 Å². The second-order valence-corrected chi connectivity index (χ2v) is 5.06. The zero-order valence-corrected chi connectivity index (χ0v) is 10.4. The monoisotopic (exact) mass is 230 g/mol. The van der Waals surface area contributed by atoms with E-state index in [0.29, 0.717) is 0 Å². The molecule has 0 N–H and O–H groups in total. The molecule has 0 amide bonds. The van der Waals surface area contributed by atoms with Gasteiger partial charge in [0.1, 0.15) is 5.52 Å². The third-order valence-electron chi connectivity index (χ3n) is 3.45. The van der Waals surface area contributed by atoms with Gasteiger partial charge in [-0.1, -0.05) is 6.92 Å². The average molecular weight is 230 g/mol. The summed E-state index contributed by atoms with van der Waals surface area (Å²) in [7, 11) is 0. The molecule has 0 saturated carbocycles. The van der Waals surface area contributed by atoms with E-state index in [-0.39, 0.29) is 0 Å². The fraction of sp³-hybridized carbons (Fsp3) is 0.538. The molecule has 2 aromatic rings. The first-order valence-electron chi connectivity index (χ1n) is 6.30. The number of hydrogen-bond acceptors (Lipinski definition) is 3. The number of hydrogen-bond donors (Lipinski definition) is 0. The maximum atomic E-state index is 4.54. The van der Waals surface area contributed by atoms with Crippen LogP contribution in [0.5, 0.6) is 0 Å². The molecule has 0 spiro atoms. The van der Waals surface area contributed by atoms with E-state index in [0.717, 1.165) is 36.0 Å². The van der Waals surface area contributed by atoms with Crippen LogP contribution in [-0.4, -0.2) is 27.7 Å². The molecule has 3 heterocycles. The predicted molar refractivity (Wildman–Crippen MR) is 68.3 cm³/mol. The van der Waals surface area contributed by atoms with Crippen LogP contribution in [0, 0.1) is 12.8 Å². The molecule has 0 bridgehead atoms. The second kappa shape index (κ2) is 4.02. The highest BCUT2D eigenvalue weighted by Crippen LogP contribution is 2.25. The van der Waals surface area contributed by atoms with Crippen LogP contribution in [0.15, 0.2) is 18.5 Å². The normalized spacial score (nSPS) is 21.1. The van der Waals surface area contributed by atoms with Gasteiger partial charge >= 0.3 is 0 Å². The maximum Gasteiger partial charge on any atom is 0.154 e. The molecular formula is C13H18N4. The fourth-order valence-corrected chi connectivity index (χ4v) is 2.66. The zero-order chi connectivity index (χ0) is 11.8. The number of fused-ring (bicyclic) bond motifs is 1. The van der Waals surface area contributed by atoms with Crippen LogP contribution in [0.3, 0.4) is 0 Å². The van der Waals surface area contributed by atoms with E-state index in [2.05, 4.69) is 28.0 Å². The third-order valence-corrected chi connectivity index (χ3v) is 3.45. The fourth-order valence-electron chi connectivity index (χ4n) is 2.66. The minimum Gasteiger partial charge on any atom is -0.355 e. The Morgan fingerprint density at radius 1 is 1.41 bits per heavy atom. The number of aromatic nitrogens is 3. The molecule has 1 aliphatic rings. The van der Waals surface area contributed by atoms with Crippen LogP contribution in [-0.2, 0) is 0 Å². The van der Waals surface area contributed by atoms with Crippen LogP contribution < -0.4 is 4.90 Å². The van der Waals surface area contributed by atoms with Crippen molar-refractivity contribution in [1.29, 1.82) is 0 Å². The number of aryl methyl sites for hydroxylation is 1. The Kier molecular flexibility index (Phi) is 2.50. The van der Waals surface area contributed by atoms with Crippen molar-refractivity contribution in [2.75, 3.05) is 18.0 Å². The summed E-state index contributed by atoms with van der Waals surface area (Å²) in [5.74, 6) is 1.84. The molecule has 0 aliphatic carbocycles. The molecule has 1 unspecified atom stereocenters. The number of nitrogens with zero attached hydrogens (tertiary/aromatic N) is 4. The Hall–Kier alpha value is -1.58. The Labute approximate surface area is 101 Å². The van der Waals surface area contributed by atoms with Gasteiger partial charge in [-0.2, -0.15) is 5.10 Å². The molecule has 1 aliphatic heterocycles. The van der Waals surface area contributed by atoms with E-state index in [1.165, 1.54) is 12.8 Å². The van der Waals surface area contributed by atoms with Crippen molar-refractivity contribution < 1.29 is 0 Å². The molecule has 4 nitrogen and oxygen atoms in total. The van der Waals surface area contributed by atoms with Gasteiger partial charge in [0.15, 0.2) is 5.82 Å². The largest absolute Gasteiger partial charge is 0.355 e. The van der Waals surface area contributed by atoms with E-state index in [4.69, 9.17) is 0 Å². The molecule has 4 heteroatoms. The second-order valence-electron chi connectivity index (χ2n) is 5.06. The van der Waals surface area contributed by atoms with Gasteiger partial charge in [0.2, 0.25) is 0 Å². The van der Waals surface area contributed by atoms with Crippen molar-refractivity contribution in [3.8, 4) is 0 Å². The molecule has 0 radical (unpaired) electrons. The van der Waals surface area contributed by atoms with Crippen LogP contribution in [0.1, 0.15) is 25.5 Å². The van der Waals surface area contributed by atoms with Crippen molar-refractivity contribution in [2.24, 2.45) is 5.92 Å². The summed E-state index contributed by atoms with van der Waals surface area (Å²) in [6.07, 6.45) is 6.35. The molecular weight excluding hydrogens is 212 g/mol. The third kappa shape index (κ3) is 1.88. The van der Waals surface area contributed by atoms with Gasteiger partial charge < -0.3 is 4.90 Å². The minimum absolute atomic E-state index is 0.759. The summed E-state index contributed by atoms with van der Waals surface area (Å²) in [4.78, 5) is 6.94. The summed E-state index contributed by atoms with van der Waals surface area (Å²) >= 11 is 0.